The van der Waals surface area contributed by atoms with Gasteiger partial charge in [-0.25, -0.2) is 0 Å². The van der Waals surface area contributed by atoms with Crippen LogP contribution in [0.25, 0.3) is 5.69 Å². The van der Waals surface area contributed by atoms with Crippen molar-refractivity contribution in [1.29, 1.82) is 0 Å². The van der Waals surface area contributed by atoms with E-state index in [1.165, 1.54) is 16.8 Å². The van der Waals surface area contributed by atoms with Crippen molar-refractivity contribution in [2.24, 2.45) is 5.92 Å². The molecule has 1 aromatic heterocycles. The number of benzene rings is 1. The molecule has 2 atom stereocenters. The number of aromatic nitrogens is 2. The predicted molar refractivity (Wildman–Crippen MR) is 90.1 cm³/mol. The zero-order chi connectivity index (χ0) is 17.1. The van der Waals surface area contributed by atoms with Gasteiger partial charge in [-0.05, 0) is 43.9 Å². The fourth-order valence-electron chi connectivity index (χ4n) is 3.04. The Morgan fingerprint density at radius 3 is 2.67 bits per heavy atom. The molecule has 6 heteroatoms. The summed E-state index contributed by atoms with van der Waals surface area (Å²) in [6, 6.07) is 12.0. The highest BCUT2D eigenvalue weighted by Gasteiger charge is 2.30. The van der Waals surface area contributed by atoms with Gasteiger partial charge in [-0.2, -0.15) is 9.78 Å². The number of likely N-dealkylation sites (tertiary alicyclic amines) is 1. The van der Waals surface area contributed by atoms with E-state index in [0.29, 0.717) is 12.2 Å². The number of piperidine rings is 1. The minimum atomic E-state index is -0.280. The summed E-state index contributed by atoms with van der Waals surface area (Å²) in [6.07, 6.45) is 1.77. The van der Waals surface area contributed by atoms with Crippen LogP contribution in [0.3, 0.4) is 0 Å². The molecule has 6 nitrogen and oxygen atoms in total. The van der Waals surface area contributed by atoms with E-state index in [1.54, 1.807) is 17.0 Å². The van der Waals surface area contributed by atoms with Gasteiger partial charge >= 0.3 is 0 Å². The molecule has 2 heterocycles. The maximum Gasteiger partial charge on any atom is 0.274 e. The Morgan fingerprint density at radius 1 is 1.21 bits per heavy atom. The maximum atomic E-state index is 12.8. The number of amides is 1. The number of aliphatic hydroxyl groups is 1. The quantitative estimate of drug-likeness (QED) is 0.926. The Morgan fingerprint density at radius 2 is 1.96 bits per heavy atom. The zero-order valence-corrected chi connectivity index (χ0v) is 13.6. The van der Waals surface area contributed by atoms with Crippen LogP contribution >= 0.6 is 0 Å². The number of para-hydroxylation sites is 1. The predicted octanol–water partition coefficient (Wildman–Crippen LogP) is 1.47. The first-order chi connectivity index (χ1) is 11.6. The van der Waals surface area contributed by atoms with Crippen molar-refractivity contribution >= 4 is 5.91 Å². The summed E-state index contributed by atoms with van der Waals surface area (Å²) in [5.41, 5.74) is 0.582. The van der Waals surface area contributed by atoms with E-state index in [0.717, 1.165) is 12.8 Å². The van der Waals surface area contributed by atoms with Crippen molar-refractivity contribution in [3.05, 3.63) is 58.5 Å². The van der Waals surface area contributed by atoms with Gasteiger partial charge in [-0.1, -0.05) is 18.2 Å². The first-order valence-corrected chi connectivity index (χ1v) is 8.18. The lowest BCUT2D eigenvalue weighted by atomic mass is 9.94. The van der Waals surface area contributed by atoms with Crippen molar-refractivity contribution < 1.29 is 9.90 Å². The van der Waals surface area contributed by atoms with Gasteiger partial charge in [0.05, 0.1) is 5.69 Å². The molecular formula is C18H21N3O3. The van der Waals surface area contributed by atoms with E-state index in [-0.39, 0.29) is 35.7 Å². The monoisotopic (exact) mass is 327 g/mol. The third-order valence-electron chi connectivity index (χ3n) is 4.52. The molecule has 3 rings (SSSR count). The molecule has 1 N–H and O–H groups in total. The Hall–Kier alpha value is -2.47. The number of rotatable bonds is 3. The van der Waals surface area contributed by atoms with Crippen molar-refractivity contribution in [2.45, 2.75) is 25.8 Å². The van der Waals surface area contributed by atoms with Crippen LogP contribution in [0.5, 0.6) is 0 Å². The van der Waals surface area contributed by atoms with E-state index in [2.05, 4.69) is 5.10 Å². The van der Waals surface area contributed by atoms with Crippen LogP contribution in [0.2, 0.25) is 0 Å². The van der Waals surface area contributed by atoms with Crippen LogP contribution in [0.15, 0.2) is 47.3 Å². The molecule has 0 aliphatic carbocycles. The molecule has 1 amide bonds. The topological polar surface area (TPSA) is 75.4 Å². The SMILES string of the molecule is CC1CCC(CO)CN1C(=O)c1ccc(=O)n(-c2ccccc2)n1. The molecule has 1 saturated heterocycles. The van der Waals surface area contributed by atoms with E-state index in [9.17, 15) is 14.7 Å². The summed E-state index contributed by atoms with van der Waals surface area (Å²) < 4.78 is 1.24. The van der Waals surface area contributed by atoms with Gasteiger partial charge in [-0.15, -0.1) is 0 Å². The number of hydrogen-bond acceptors (Lipinski definition) is 4. The Bertz CT molecular complexity index is 773. The van der Waals surface area contributed by atoms with Gasteiger partial charge in [0, 0.05) is 25.3 Å². The molecule has 0 radical (unpaired) electrons. The second-order valence-corrected chi connectivity index (χ2v) is 6.24. The molecule has 24 heavy (non-hydrogen) atoms. The Balaban J connectivity index is 1.92. The zero-order valence-electron chi connectivity index (χ0n) is 13.6. The summed E-state index contributed by atoms with van der Waals surface area (Å²) in [5, 5.41) is 13.6. The van der Waals surface area contributed by atoms with Crippen molar-refractivity contribution in [3.63, 3.8) is 0 Å². The molecule has 1 aliphatic heterocycles. The minimum absolute atomic E-state index is 0.0768. The molecule has 0 saturated carbocycles. The van der Waals surface area contributed by atoms with Crippen LogP contribution in [0, 0.1) is 5.92 Å². The van der Waals surface area contributed by atoms with Crippen molar-refractivity contribution in [2.75, 3.05) is 13.2 Å². The fourth-order valence-corrected chi connectivity index (χ4v) is 3.04. The molecule has 0 bridgehead atoms. The van der Waals surface area contributed by atoms with Crippen molar-refractivity contribution in [1.82, 2.24) is 14.7 Å². The summed E-state index contributed by atoms with van der Waals surface area (Å²) in [6.45, 7) is 2.59. The largest absolute Gasteiger partial charge is 0.396 e. The maximum absolute atomic E-state index is 12.8. The van der Waals surface area contributed by atoms with Gasteiger partial charge in [0.1, 0.15) is 5.69 Å². The molecule has 2 unspecified atom stereocenters. The summed E-state index contributed by atoms with van der Waals surface area (Å²) >= 11 is 0. The second kappa shape index (κ2) is 6.97. The van der Waals surface area contributed by atoms with Crippen LogP contribution in [0.1, 0.15) is 30.3 Å². The second-order valence-electron chi connectivity index (χ2n) is 6.24. The third-order valence-corrected chi connectivity index (χ3v) is 4.52. The van der Waals surface area contributed by atoms with Crippen LogP contribution in [-0.2, 0) is 0 Å². The van der Waals surface area contributed by atoms with Crippen LogP contribution in [-0.4, -0.2) is 44.9 Å². The number of hydrogen-bond donors (Lipinski definition) is 1. The third kappa shape index (κ3) is 3.23. The minimum Gasteiger partial charge on any atom is -0.396 e. The van der Waals surface area contributed by atoms with E-state index >= 15 is 0 Å². The lowest BCUT2D eigenvalue weighted by molar-refractivity contribution is 0.0481. The van der Waals surface area contributed by atoms with E-state index in [4.69, 9.17) is 0 Å². The van der Waals surface area contributed by atoms with E-state index in [1.807, 2.05) is 25.1 Å². The van der Waals surface area contributed by atoms with Crippen LogP contribution in [0.4, 0.5) is 0 Å². The average molecular weight is 327 g/mol. The van der Waals surface area contributed by atoms with Gasteiger partial charge in [0.25, 0.3) is 11.5 Å². The highest BCUT2D eigenvalue weighted by Crippen LogP contribution is 2.22. The molecule has 1 fully saturated rings. The molecular weight excluding hydrogens is 306 g/mol. The van der Waals surface area contributed by atoms with E-state index < -0.39 is 0 Å². The molecule has 2 aromatic rings. The van der Waals surface area contributed by atoms with Gasteiger partial charge < -0.3 is 10.0 Å². The van der Waals surface area contributed by atoms with Gasteiger partial charge in [0.2, 0.25) is 0 Å². The lowest BCUT2D eigenvalue weighted by Crippen LogP contribution is -2.47. The first kappa shape index (κ1) is 16.4. The first-order valence-electron chi connectivity index (χ1n) is 8.18. The lowest BCUT2D eigenvalue weighted by Gasteiger charge is -2.37. The normalized spacial score (nSPS) is 20.8. The summed E-state index contributed by atoms with van der Waals surface area (Å²) in [5.74, 6) is -0.101. The number of aliphatic hydroxyl groups excluding tert-OH is 1. The van der Waals surface area contributed by atoms with Crippen molar-refractivity contribution in [3.8, 4) is 5.69 Å². The van der Waals surface area contributed by atoms with Gasteiger partial charge in [0.15, 0.2) is 0 Å². The Kier molecular flexibility index (Phi) is 4.76. The molecule has 1 aliphatic rings. The Labute approximate surface area is 140 Å². The molecule has 0 spiro atoms. The number of carbonyl (C=O) groups excluding carboxylic acids is 1. The summed E-state index contributed by atoms with van der Waals surface area (Å²) in [4.78, 5) is 26.7. The highest BCUT2D eigenvalue weighted by molar-refractivity contribution is 5.92. The molecule has 126 valence electrons. The molecule has 1 aromatic carbocycles. The smallest absolute Gasteiger partial charge is 0.274 e. The number of nitrogens with zero attached hydrogens (tertiary/aromatic N) is 3. The average Bonchev–Trinajstić information content (AvgIpc) is 2.63. The van der Waals surface area contributed by atoms with Gasteiger partial charge in [-0.3, -0.25) is 9.59 Å². The van der Waals surface area contributed by atoms with Crippen LogP contribution < -0.4 is 5.56 Å². The summed E-state index contributed by atoms with van der Waals surface area (Å²) in [7, 11) is 0. The fraction of sp³-hybridized carbons (Fsp3) is 0.389. The standard InChI is InChI=1S/C18H21N3O3/c1-13-7-8-14(12-22)11-20(13)18(24)16-9-10-17(23)21(19-16)15-5-3-2-4-6-15/h2-6,9-10,13-14,22H,7-8,11-12H2,1H3. The highest BCUT2D eigenvalue weighted by atomic mass is 16.3. The number of carbonyl (C=O) groups is 1.